The molecule has 0 bridgehead atoms. The molecule has 0 spiro atoms. The third kappa shape index (κ3) is 7.35. The molecule has 4 N–H and O–H groups in total. The van der Waals surface area contributed by atoms with Crippen molar-refractivity contribution in [1.29, 1.82) is 0 Å². The van der Waals surface area contributed by atoms with Gasteiger partial charge in [-0.3, -0.25) is 24.6 Å². The van der Waals surface area contributed by atoms with Gasteiger partial charge in [0.1, 0.15) is 11.6 Å². The van der Waals surface area contributed by atoms with Crippen molar-refractivity contribution in [2.45, 2.75) is 71.2 Å². The van der Waals surface area contributed by atoms with Crippen molar-refractivity contribution in [2.24, 2.45) is 5.73 Å². The quantitative estimate of drug-likeness (QED) is 0.319. The summed E-state index contributed by atoms with van der Waals surface area (Å²) in [6.45, 7) is 6.08. The van der Waals surface area contributed by atoms with Crippen LogP contribution in [0, 0.1) is 0 Å². The SMILES string of the molecule is CC(C)(C)OC(=O)NCCCc1ccc(Cl)cc1N(Cc1ccc2c(c1)CN(C1CCC(=O)NC1=O)C2=O)C(N)=O. The number of primary amides is 1. The maximum Gasteiger partial charge on any atom is 0.407 e. The molecule has 0 saturated carbocycles. The Morgan fingerprint density at radius 1 is 1.17 bits per heavy atom. The highest BCUT2D eigenvalue weighted by atomic mass is 35.5. The summed E-state index contributed by atoms with van der Waals surface area (Å²) in [5, 5.41) is 5.45. The van der Waals surface area contributed by atoms with Crippen molar-refractivity contribution in [2.75, 3.05) is 11.4 Å². The molecule has 1 fully saturated rings. The zero-order chi connectivity index (χ0) is 29.9. The van der Waals surface area contributed by atoms with E-state index in [0.717, 1.165) is 16.7 Å². The molecular formula is C29H34ClN5O6. The Kier molecular flexibility index (Phi) is 8.86. The highest BCUT2D eigenvalue weighted by Gasteiger charge is 2.39. The number of benzene rings is 2. The maximum atomic E-state index is 13.0. The van der Waals surface area contributed by atoms with Crippen molar-refractivity contribution >= 4 is 47.1 Å². The van der Waals surface area contributed by atoms with Crippen LogP contribution in [0.25, 0.3) is 0 Å². The van der Waals surface area contributed by atoms with Crippen molar-refractivity contribution in [3.63, 3.8) is 0 Å². The molecule has 0 aromatic heterocycles. The van der Waals surface area contributed by atoms with E-state index in [-0.39, 0.29) is 37.7 Å². The number of fused-ring (bicyclic) bond motifs is 1. The van der Waals surface area contributed by atoms with Gasteiger partial charge in [-0.1, -0.05) is 29.8 Å². The minimum absolute atomic E-state index is 0.124. The molecule has 12 heteroatoms. The predicted molar refractivity (Wildman–Crippen MR) is 152 cm³/mol. The summed E-state index contributed by atoms with van der Waals surface area (Å²) >= 11 is 6.29. The molecule has 6 amide bonds. The Bertz CT molecular complexity index is 1390. The van der Waals surface area contributed by atoms with Crippen LogP contribution in [0.4, 0.5) is 15.3 Å². The van der Waals surface area contributed by atoms with Gasteiger partial charge in [0.25, 0.3) is 5.91 Å². The lowest BCUT2D eigenvalue weighted by Crippen LogP contribution is -2.52. The average molecular weight is 584 g/mol. The molecule has 0 aliphatic carbocycles. The van der Waals surface area contributed by atoms with E-state index in [1.54, 1.807) is 45.0 Å². The zero-order valence-corrected chi connectivity index (χ0v) is 24.0. The molecule has 41 heavy (non-hydrogen) atoms. The van der Waals surface area contributed by atoms with Gasteiger partial charge in [0.15, 0.2) is 0 Å². The molecule has 11 nitrogen and oxygen atoms in total. The lowest BCUT2D eigenvalue weighted by atomic mass is 10.0. The molecule has 218 valence electrons. The summed E-state index contributed by atoms with van der Waals surface area (Å²) in [5.74, 6) is -1.09. The lowest BCUT2D eigenvalue weighted by Gasteiger charge is -2.29. The molecule has 4 rings (SSSR count). The fourth-order valence-corrected chi connectivity index (χ4v) is 5.14. The van der Waals surface area contributed by atoms with Crippen LogP contribution in [-0.2, 0) is 33.8 Å². The van der Waals surface area contributed by atoms with E-state index in [0.29, 0.717) is 35.7 Å². The van der Waals surface area contributed by atoms with Crippen molar-refractivity contribution in [1.82, 2.24) is 15.5 Å². The minimum atomic E-state index is -0.711. The first-order valence-corrected chi connectivity index (χ1v) is 13.8. The van der Waals surface area contributed by atoms with E-state index in [2.05, 4.69) is 10.6 Å². The summed E-state index contributed by atoms with van der Waals surface area (Å²) in [6, 6.07) is 9.08. The molecule has 1 saturated heterocycles. The number of nitrogens with one attached hydrogen (secondary N) is 2. The van der Waals surface area contributed by atoms with Crippen LogP contribution in [0.2, 0.25) is 5.02 Å². The molecule has 2 aromatic rings. The van der Waals surface area contributed by atoms with Gasteiger partial charge < -0.3 is 20.7 Å². The largest absolute Gasteiger partial charge is 0.444 e. The number of hydrogen-bond donors (Lipinski definition) is 3. The number of aryl methyl sites for hydroxylation is 1. The van der Waals surface area contributed by atoms with Crippen LogP contribution in [0.3, 0.4) is 0 Å². The van der Waals surface area contributed by atoms with E-state index >= 15 is 0 Å². The third-order valence-electron chi connectivity index (χ3n) is 6.82. The zero-order valence-electron chi connectivity index (χ0n) is 23.3. The van der Waals surface area contributed by atoms with Crippen LogP contribution in [0.1, 0.15) is 67.1 Å². The van der Waals surface area contributed by atoms with Crippen LogP contribution in [0.15, 0.2) is 36.4 Å². The standard InChI is InChI=1S/C29H34ClN5O6/c1-29(2,3)41-28(40)32-12-4-5-18-7-8-20(30)14-23(18)35(27(31)39)15-17-6-9-21-19(13-17)16-34(26(21)38)22-10-11-24(36)33-25(22)37/h6-9,13-14,22H,4-5,10-12,15-16H2,1-3H3,(H2,31,39)(H,32,40)(H,33,36,37). The highest BCUT2D eigenvalue weighted by molar-refractivity contribution is 6.31. The number of hydrogen-bond acceptors (Lipinski definition) is 6. The molecule has 1 atom stereocenters. The number of imide groups is 1. The molecule has 0 radical (unpaired) electrons. The van der Waals surface area contributed by atoms with Crippen LogP contribution < -0.4 is 21.3 Å². The van der Waals surface area contributed by atoms with Gasteiger partial charge in [-0.05, 0) is 74.9 Å². The summed E-state index contributed by atoms with van der Waals surface area (Å²) in [6.07, 6.45) is 1.06. The summed E-state index contributed by atoms with van der Waals surface area (Å²) in [4.78, 5) is 64.4. The number of nitrogens with zero attached hydrogens (tertiary/aromatic N) is 2. The maximum absolute atomic E-state index is 13.0. The first-order chi connectivity index (χ1) is 19.3. The molecule has 2 aliphatic rings. The van der Waals surface area contributed by atoms with Gasteiger partial charge >= 0.3 is 12.1 Å². The number of rotatable bonds is 8. The topological polar surface area (TPSA) is 151 Å². The van der Waals surface area contributed by atoms with Gasteiger partial charge in [0.05, 0.1) is 12.2 Å². The Hall–Kier alpha value is -4.12. The number of urea groups is 1. The van der Waals surface area contributed by atoms with E-state index in [4.69, 9.17) is 22.1 Å². The van der Waals surface area contributed by atoms with Gasteiger partial charge in [0, 0.05) is 30.1 Å². The van der Waals surface area contributed by atoms with Gasteiger partial charge in [-0.15, -0.1) is 0 Å². The summed E-state index contributed by atoms with van der Waals surface area (Å²) < 4.78 is 5.26. The number of carbonyl (C=O) groups is 5. The van der Waals surface area contributed by atoms with Gasteiger partial charge in [0.2, 0.25) is 11.8 Å². The second-order valence-electron chi connectivity index (χ2n) is 11.1. The van der Waals surface area contributed by atoms with E-state index in [1.165, 1.54) is 9.80 Å². The Morgan fingerprint density at radius 2 is 1.93 bits per heavy atom. The average Bonchev–Trinajstić information content (AvgIpc) is 3.20. The van der Waals surface area contributed by atoms with E-state index < -0.39 is 29.7 Å². The van der Waals surface area contributed by atoms with Crippen molar-refractivity contribution in [3.05, 3.63) is 63.7 Å². The molecular weight excluding hydrogens is 550 g/mol. The number of ether oxygens (including phenoxy) is 1. The smallest absolute Gasteiger partial charge is 0.407 e. The summed E-state index contributed by atoms with van der Waals surface area (Å²) in [5.41, 5.74) is 8.51. The first-order valence-electron chi connectivity index (χ1n) is 13.4. The Balaban J connectivity index is 1.47. The number of nitrogens with two attached hydrogens (primary N) is 1. The van der Waals surface area contributed by atoms with Gasteiger partial charge in [-0.2, -0.15) is 0 Å². The molecule has 2 heterocycles. The Morgan fingerprint density at radius 3 is 2.61 bits per heavy atom. The minimum Gasteiger partial charge on any atom is -0.444 e. The second kappa shape index (κ2) is 12.2. The number of piperidine rings is 1. The summed E-state index contributed by atoms with van der Waals surface area (Å²) in [7, 11) is 0. The van der Waals surface area contributed by atoms with E-state index in [9.17, 15) is 24.0 Å². The lowest BCUT2D eigenvalue weighted by molar-refractivity contribution is -0.136. The second-order valence-corrected chi connectivity index (χ2v) is 11.6. The van der Waals surface area contributed by atoms with Crippen LogP contribution >= 0.6 is 11.6 Å². The monoisotopic (exact) mass is 583 g/mol. The van der Waals surface area contributed by atoms with Gasteiger partial charge in [-0.25, -0.2) is 9.59 Å². The predicted octanol–water partition coefficient (Wildman–Crippen LogP) is 3.64. The number of amides is 6. The molecule has 1 unspecified atom stereocenters. The normalized spacial score (nSPS) is 16.7. The number of halogens is 1. The number of anilines is 1. The highest BCUT2D eigenvalue weighted by Crippen LogP contribution is 2.31. The third-order valence-corrected chi connectivity index (χ3v) is 7.06. The number of alkyl carbamates (subject to hydrolysis) is 1. The fraction of sp³-hybridized carbons (Fsp3) is 0.414. The first kappa shape index (κ1) is 29.9. The Labute approximate surface area is 243 Å². The van der Waals surface area contributed by atoms with Crippen molar-refractivity contribution < 1.29 is 28.7 Å². The van der Waals surface area contributed by atoms with E-state index in [1.807, 2.05) is 12.1 Å². The van der Waals surface area contributed by atoms with Crippen molar-refractivity contribution in [3.8, 4) is 0 Å². The number of carbonyl (C=O) groups excluding carboxylic acids is 5. The molecule has 2 aromatic carbocycles. The fourth-order valence-electron chi connectivity index (χ4n) is 4.97. The van der Waals surface area contributed by atoms with Crippen LogP contribution in [0.5, 0.6) is 0 Å². The molecule has 2 aliphatic heterocycles. The van der Waals surface area contributed by atoms with Crippen LogP contribution in [-0.4, -0.2) is 52.9 Å².